The molecule has 2 saturated heterocycles. The van der Waals surface area contributed by atoms with Gasteiger partial charge < -0.3 is 89.5 Å². The van der Waals surface area contributed by atoms with Crippen molar-refractivity contribution in [2.45, 2.75) is 285 Å². The van der Waals surface area contributed by atoms with E-state index in [-0.39, 0.29) is 6.42 Å². The summed E-state index contributed by atoms with van der Waals surface area (Å²) >= 11 is 0. The van der Waals surface area contributed by atoms with E-state index in [0.717, 1.165) is 83.1 Å². The second-order valence-corrected chi connectivity index (χ2v) is 23.0. The Bertz CT molecular complexity index is 1750. The van der Waals surface area contributed by atoms with Crippen molar-refractivity contribution in [2.24, 2.45) is 0 Å². The molecule has 3 fully saturated rings. The number of phosphoric acid groups is 1. The highest BCUT2D eigenvalue weighted by molar-refractivity contribution is 7.47. The number of aliphatic hydroxyl groups is 11. The van der Waals surface area contributed by atoms with Crippen molar-refractivity contribution in [2.75, 3.05) is 26.4 Å². The van der Waals surface area contributed by atoms with E-state index in [2.05, 4.69) is 26.0 Å². The Hall–Kier alpha value is -2.33. The number of carbonyl (C=O) groups is 2. The number of rotatable bonds is 43. The molecule has 1 saturated carbocycles. The summed E-state index contributed by atoms with van der Waals surface area (Å²) in [4.78, 5) is 37.4. The lowest BCUT2D eigenvalue weighted by atomic mass is 9.84. The molecule has 0 aromatic rings. The first-order valence-electron chi connectivity index (χ1n) is 29.9. The molecule has 16 atom stereocenters. The third-order valence-corrected chi connectivity index (χ3v) is 15.8. The minimum absolute atomic E-state index is 0.0276. The lowest BCUT2D eigenvalue weighted by molar-refractivity contribution is -0.360. The molecule has 12 N–H and O–H groups in total. The molecule has 23 nitrogen and oxygen atoms in total. The molecule has 24 heteroatoms. The number of aliphatic hydroxyl groups excluding tert-OH is 11. The highest BCUT2D eigenvalue weighted by Gasteiger charge is 2.58. The van der Waals surface area contributed by atoms with Gasteiger partial charge in [-0.3, -0.25) is 13.8 Å². The van der Waals surface area contributed by atoms with Crippen LogP contribution in [0.25, 0.3) is 0 Å². The summed E-state index contributed by atoms with van der Waals surface area (Å²) in [5.41, 5.74) is 0. The summed E-state index contributed by atoms with van der Waals surface area (Å²) in [7, 11) is -5.66. The summed E-state index contributed by atoms with van der Waals surface area (Å²) in [5.74, 6) is -1.59. The number of ether oxygens (including phenoxy) is 6. The number of carbonyl (C=O) groups excluding carboxylic acids is 2. The van der Waals surface area contributed by atoms with Crippen LogP contribution in [-0.2, 0) is 51.6 Å². The Balaban J connectivity index is 1.72. The number of unbranched alkanes of at least 4 members (excludes halogenated alkanes) is 22. The number of hydrogen-bond donors (Lipinski definition) is 12. The van der Waals surface area contributed by atoms with Crippen molar-refractivity contribution in [3.8, 4) is 0 Å². The number of phosphoric ester groups is 1. The van der Waals surface area contributed by atoms with Crippen molar-refractivity contribution >= 4 is 19.8 Å². The van der Waals surface area contributed by atoms with Crippen LogP contribution >= 0.6 is 7.82 Å². The van der Waals surface area contributed by atoms with Crippen LogP contribution in [0.5, 0.6) is 0 Å². The van der Waals surface area contributed by atoms with Gasteiger partial charge in [-0.2, -0.15) is 0 Å². The molecule has 3 aliphatic rings. The molecule has 0 aromatic carbocycles. The van der Waals surface area contributed by atoms with Crippen molar-refractivity contribution in [1.82, 2.24) is 0 Å². The van der Waals surface area contributed by atoms with Gasteiger partial charge in [0.25, 0.3) is 0 Å². The highest BCUT2D eigenvalue weighted by Crippen LogP contribution is 2.49. The van der Waals surface area contributed by atoms with Crippen LogP contribution in [0, 0.1) is 0 Å². The van der Waals surface area contributed by atoms with Gasteiger partial charge in [-0.25, -0.2) is 9.36 Å². The van der Waals surface area contributed by atoms with Crippen molar-refractivity contribution in [1.29, 1.82) is 0 Å². The van der Waals surface area contributed by atoms with Crippen LogP contribution in [0.3, 0.4) is 0 Å². The Kier molecular flexibility index (Phi) is 37.5. The van der Waals surface area contributed by atoms with Crippen molar-refractivity contribution < 1.29 is 113 Å². The first-order valence-corrected chi connectivity index (χ1v) is 31.4. The van der Waals surface area contributed by atoms with Gasteiger partial charge in [0.15, 0.2) is 18.7 Å². The summed E-state index contributed by atoms with van der Waals surface area (Å²) in [6.07, 6.45) is 3.35. The molecular formula is C57H101O23P. The highest BCUT2D eigenvalue weighted by atomic mass is 31.2. The van der Waals surface area contributed by atoms with E-state index in [1.54, 1.807) is 6.08 Å². The molecule has 81 heavy (non-hydrogen) atoms. The topological polar surface area (TPSA) is 368 Å². The zero-order chi connectivity index (χ0) is 59.6. The summed E-state index contributed by atoms with van der Waals surface area (Å²) < 4.78 is 57.9. The smallest absolute Gasteiger partial charge is 0.462 e. The molecule has 0 spiro atoms. The number of allylic oxidation sites excluding steroid dienone is 5. The molecule has 2 heterocycles. The predicted octanol–water partition coefficient (Wildman–Crippen LogP) is 4.26. The fraction of sp³-hybridized carbons (Fsp3) is 0.860. The molecule has 1 aliphatic carbocycles. The molecule has 3 rings (SSSR count). The van der Waals surface area contributed by atoms with Gasteiger partial charge in [-0.1, -0.05) is 160 Å². The molecular weight excluding hydrogens is 1080 g/mol. The standard InChI is InChI=1S/C57H101O23P/c1-3-5-7-9-11-13-15-17-19-21-23-25-27-29-31-33-42(60)73-37-39(75-43(61)34-32-30-28-26-24-22-20-18-16-14-12-10-8-6-4-2)38-74-81(71,72)80-55-53(78-56-51(69)46(64)44(62)40(35-58)76-56)49(67)48(66)50(68)54(55)79-57-52(70)47(65)45(63)41(36-59)77-57/h13,15,28,30,32,34,39-41,44-59,62-70H,3-12,14,16-27,29,31,33,35-38H2,1-2H3,(H,71,72)/b15-13-,30-28+,34-32+. The predicted molar refractivity (Wildman–Crippen MR) is 296 cm³/mol. The first-order chi connectivity index (χ1) is 38.9. The maximum Gasteiger partial charge on any atom is 0.472 e. The maximum atomic E-state index is 14.0. The summed E-state index contributed by atoms with van der Waals surface area (Å²) in [6.45, 7) is 0.882. The van der Waals surface area contributed by atoms with Gasteiger partial charge in [0, 0.05) is 12.5 Å². The third kappa shape index (κ3) is 27.3. The van der Waals surface area contributed by atoms with Crippen LogP contribution in [0.4, 0.5) is 0 Å². The second-order valence-electron chi connectivity index (χ2n) is 21.6. The van der Waals surface area contributed by atoms with E-state index in [0.29, 0.717) is 6.42 Å². The third-order valence-electron chi connectivity index (χ3n) is 14.8. The van der Waals surface area contributed by atoms with Gasteiger partial charge in [0.2, 0.25) is 0 Å². The van der Waals surface area contributed by atoms with Crippen LogP contribution in [0.1, 0.15) is 181 Å². The fourth-order valence-corrected chi connectivity index (χ4v) is 10.7. The first kappa shape index (κ1) is 72.9. The zero-order valence-corrected chi connectivity index (χ0v) is 48.7. The Labute approximate surface area is 478 Å². The van der Waals surface area contributed by atoms with E-state index in [4.69, 9.17) is 37.5 Å². The molecule has 472 valence electrons. The maximum absolute atomic E-state index is 14.0. The molecule has 0 radical (unpaired) electrons. The van der Waals surface area contributed by atoms with Gasteiger partial charge >= 0.3 is 19.8 Å². The monoisotopic (exact) mass is 1180 g/mol. The van der Waals surface area contributed by atoms with Crippen molar-refractivity contribution in [3.63, 3.8) is 0 Å². The number of hydrogen-bond acceptors (Lipinski definition) is 22. The fourth-order valence-electron chi connectivity index (χ4n) is 9.79. The number of esters is 2. The van der Waals surface area contributed by atoms with Crippen LogP contribution in [0.15, 0.2) is 36.5 Å². The van der Waals surface area contributed by atoms with Crippen LogP contribution in [0.2, 0.25) is 0 Å². The summed E-state index contributed by atoms with van der Waals surface area (Å²) in [6, 6.07) is 0. The zero-order valence-electron chi connectivity index (χ0n) is 47.8. The van der Waals surface area contributed by atoms with E-state index in [9.17, 15) is 75.2 Å². The van der Waals surface area contributed by atoms with Crippen molar-refractivity contribution in [3.05, 3.63) is 36.5 Å². The lowest BCUT2D eigenvalue weighted by Crippen LogP contribution is -2.69. The Morgan fingerprint density at radius 1 is 0.494 bits per heavy atom. The van der Waals surface area contributed by atoms with Gasteiger partial charge in [0.05, 0.1) is 19.8 Å². The van der Waals surface area contributed by atoms with Crippen LogP contribution in [-0.4, -0.2) is 204 Å². The lowest BCUT2D eigenvalue weighted by Gasteiger charge is -2.49. The van der Waals surface area contributed by atoms with Gasteiger partial charge in [-0.15, -0.1) is 0 Å². The van der Waals surface area contributed by atoms with Gasteiger partial charge in [-0.05, 0) is 44.9 Å². The summed E-state index contributed by atoms with van der Waals surface area (Å²) in [5, 5.41) is 117. The average molecular weight is 1190 g/mol. The normalized spacial score (nSPS) is 31.2. The second kappa shape index (κ2) is 41.7. The van der Waals surface area contributed by atoms with E-state index in [1.165, 1.54) is 83.1 Å². The quantitative estimate of drug-likeness (QED) is 0.0101. The average Bonchev–Trinajstić information content (AvgIpc) is 3.48. The van der Waals surface area contributed by atoms with Crippen LogP contribution < -0.4 is 0 Å². The minimum Gasteiger partial charge on any atom is -0.462 e. The van der Waals surface area contributed by atoms with E-state index >= 15 is 0 Å². The molecule has 0 amide bonds. The molecule has 2 aliphatic heterocycles. The van der Waals surface area contributed by atoms with E-state index in [1.807, 2.05) is 6.08 Å². The van der Waals surface area contributed by atoms with E-state index < -0.39 is 150 Å². The van der Waals surface area contributed by atoms with Gasteiger partial charge in [0.1, 0.15) is 92.1 Å². The molecule has 0 bridgehead atoms. The minimum atomic E-state index is -5.66. The Morgan fingerprint density at radius 3 is 1.36 bits per heavy atom. The largest absolute Gasteiger partial charge is 0.472 e. The molecule has 16 unspecified atom stereocenters. The SMILES string of the molecule is CCCCCC/C=C\CCCCCCCCCC(=O)OCC(COP(=O)(O)OC1C(OC2OC(CO)C(O)C(O)C2O)C(O)C(O)C(O)C1OC1OC(CO)C(O)C(O)C1O)OC(=O)/C=C/C=C/CCCCCCCCCCCCC. The molecule has 0 aromatic heterocycles. The Morgan fingerprint density at radius 2 is 0.901 bits per heavy atom.